The highest BCUT2D eigenvalue weighted by Gasteiger charge is 2.28. The Morgan fingerprint density at radius 2 is 1.97 bits per heavy atom. The number of rotatable bonds is 7. The van der Waals surface area contributed by atoms with E-state index in [0.29, 0.717) is 36.2 Å². The Kier molecular flexibility index (Phi) is 7.10. The Balaban J connectivity index is 1.41. The third kappa shape index (κ3) is 5.22. The van der Waals surface area contributed by atoms with Crippen molar-refractivity contribution >= 4 is 33.0 Å². The van der Waals surface area contributed by atoms with Crippen molar-refractivity contribution in [1.29, 1.82) is 0 Å². The number of nitrogens with two attached hydrogens (primary N) is 1. The SMILES string of the molecule is COc1ccc(C)cc1S(=O)(=O)NCc1ccc(-c2nn([C@@H]3CCCN(C(=O)O)C3)c3ncnc(N)c23)cc1. The fraction of sp³-hybridized carbons (Fsp3) is 0.308. The van der Waals surface area contributed by atoms with Gasteiger partial charge in [0.1, 0.15) is 28.5 Å². The summed E-state index contributed by atoms with van der Waals surface area (Å²) in [5.41, 5.74) is 9.64. The number of nitrogen functional groups attached to an aromatic ring is 1. The minimum Gasteiger partial charge on any atom is -0.495 e. The molecule has 0 unspecified atom stereocenters. The summed E-state index contributed by atoms with van der Waals surface area (Å²) in [6.07, 6.45) is 1.88. The molecule has 3 heterocycles. The molecule has 0 aliphatic carbocycles. The van der Waals surface area contributed by atoms with Gasteiger partial charge >= 0.3 is 6.09 Å². The lowest BCUT2D eigenvalue weighted by Gasteiger charge is -2.30. The molecule has 12 nitrogen and oxygen atoms in total. The van der Waals surface area contributed by atoms with Crippen molar-refractivity contribution in [3.05, 3.63) is 59.9 Å². The molecule has 1 fully saturated rings. The standard InChI is InChI=1S/C26H29N7O5S/c1-16-5-10-20(38-2)21(12-16)39(36,37)30-13-17-6-8-18(9-7-17)23-22-24(27)28-15-29-25(22)33(31-23)19-4-3-11-32(14-19)26(34)35/h5-10,12,15,19,30H,3-4,11,13-14H2,1-2H3,(H,34,35)(H2,27,28,29)/t19-/m1/s1. The number of methoxy groups -OCH3 is 1. The molecule has 204 valence electrons. The van der Waals surface area contributed by atoms with Crippen molar-refractivity contribution in [2.75, 3.05) is 25.9 Å². The predicted molar refractivity (Wildman–Crippen MR) is 145 cm³/mol. The van der Waals surface area contributed by atoms with Gasteiger partial charge in [-0.2, -0.15) is 5.10 Å². The number of benzene rings is 2. The molecule has 0 spiro atoms. The van der Waals surface area contributed by atoms with Gasteiger partial charge in [0.05, 0.1) is 18.5 Å². The minimum absolute atomic E-state index is 0.0766. The first-order valence-electron chi connectivity index (χ1n) is 12.4. The van der Waals surface area contributed by atoms with Crippen LogP contribution in [0, 0.1) is 6.92 Å². The Labute approximate surface area is 225 Å². The van der Waals surface area contributed by atoms with E-state index in [1.54, 1.807) is 22.9 Å². The highest BCUT2D eigenvalue weighted by Crippen LogP contribution is 2.34. The highest BCUT2D eigenvalue weighted by molar-refractivity contribution is 7.89. The second-order valence-corrected chi connectivity index (χ2v) is 11.2. The summed E-state index contributed by atoms with van der Waals surface area (Å²) in [6, 6.07) is 12.1. The van der Waals surface area contributed by atoms with Crippen LogP contribution in [0.25, 0.3) is 22.3 Å². The largest absolute Gasteiger partial charge is 0.495 e. The first kappa shape index (κ1) is 26.4. The predicted octanol–water partition coefficient (Wildman–Crippen LogP) is 3.19. The molecular weight excluding hydrogens is 522 g/mol. The average Bonchev–Trinajstić information content (AvgIpc) is 3.33. The van der Waals surface area contributed by atoms with E-state index < -0.39 is 16.1 Å². The van der Waals surface area contributed by atoms with Crippen LogP contribution >= 0.6 is 0 Å². The number of fused-ring (bicyclic) bond motifs is 1. The highest BCUT2D eigenvalue weighted by atomic mass is 32.2. The number of carbonyl (C=O) groups is 1. The molecular formula is C26H29N7O5S. The average molecular weight is 552 g/mol. The Morgan fingerprint density at radius 1 is 1.21 bits per heavy atom. The first-order valence-corrected chi connectivity index (χ1v) is 13.9. The lowest BCUT2D eigenvalue weighted by molar-refractivity contribution is 0.120. The zero-order valence-electron chi connectivity index (χ0n) is 21.5. The summed E-state index contributed by atoms with van der Waals surface area (Å²) >= 11 is 0. The van der Waals surface area contributed by atoms with Crippen molar-refractivity contribution in [2.24, 2.45) is 0 Å². The molecule has 0 saturated carbocycles. The van der Waals surface area contributed by atoms with Crippen LogP contribution in [0.2, 0.25) is 0 Å². The molecule has 0 bridgehead atoms. The van der Waals surface area contributed by atoms with Gasteiger partial charge in [-0.15, -0.1) is 0 Å². The van der Waals surface area contributed by atoms with Crippen LogP contribution in [0.1, 0.15) is 30.0 Å². The number of amides is 1. The van der Waals surface area contributed by atoms with Gasteiger partial charge in [-0.05, 0) is 43.0 Å². The number of aryl methyl sites for hydroxylation is 1. The summed E-state index contributed by atoms with van der Waals surface area (Å²) in [5, 5.41) is 14.9. The van der Waals surface area contributed by atoms with Gasteiger partial charge in [-0.25, -0.2) is 32.6 Å². The number of aromatic nitrogens is 4. The molecule has 1 atom stereocenters. The number of sulfonamides is 1. The van der Waals surface area contributed by atoms with Gasteiger partial charge in [-0.3, -0.25) is 0 Å². The Bertz CT molecular complexity index is 1640. The third-order valence-corrected chi connectivity index (χ3v) is 8.26. The topological polar surface area (TPSA) is 166 Å². The number of anilines is 1. The number of ether oxygens (including phenoxy) is 1. The van der Waals surface area contributed by atoms with E-state index >= 15 is 0 Å². The van der Waals surface area contributed by atoms with Crippen molar-refractivity contribution in [1.82, 2.24) is 29.4 Å². The maximum atomic E-state index is 13.0. The van der Waals surface area contributed by atoms with Crippen molar-refractivity contribution in [2.45, 2.75) is 37.2 Å². The molecule has 4 aromatic rings. The molecule has 2 aromatic carbocycles. The van der Waals surface area contributed by atoms with E-state index in [1.165, 1.54) is 18.3 Å². The summed E-state index contributed by atoms with van der Waals surface area (Å²) in [5.74, 6) is 0.547. The second-order valence-electron chi connectivity index (χ2n) is 9.45. The van der Waals surface area contributed by atoms with Crippen LogP contribution < -0.4 is 15.2 Å². The lowest BCUT2D eigenvalue weighted by atomic mass is 10.1. The smallest absolute Gasteiger partial charge is 0.407 e. The van der Waals surface area contributed by atoms with Crippen LogP contribution in [0.5, 0.6) is 5.75 Å². The van der Waals surface area contributed by atoms with Crippen molar-refractivity contribution in [3.63, 3.8) is 0 Å². The summed E-state index contributed by atoms with van der Waals surface area (Å²) in [6.45, 7) is 2.68. The minimum atomic E-state index is -3.81. The molecule has 39 heavy (non-hydrogen) atoms. The van der Waals surface area contributed by atoms with E-state index in [1.807, 2.05) is 31.2 Å². The van der Waals surface area contributed by atoms with E-state index in [2.05, 4.69) is 14.7 Å². The van der Waals surface area contributed by atoms with Crippen LogP contribution in [0.3, 0.4) is 0 Å². The number of hydrogen-bond acceptors (Lipinski definition) is 8. The number of likely N-dealkylation sites (tertiary alicyclic amines) is 1. The quantitative estimate of drug-likeness (QED) is 0.313. The van der Waals surface area contributed by atoms with Gasteiger partial charge < -0.3 is 20.5 Å². The second kappa shape index (κ2) is 10.5. The normalized spacial score (nSPS) is 15.9. The fourth-order valence-electron chi connectivity index (χ4n) is 4.81. The molecule has 13 heteroatoms. The van der Waals surface area contributed by atoms with E-state index in [0.717, 1.165) is 23.1 Å². The zero-order valence-corrected chi connectivity index (χ0v) is 22.4. The van der Waals surface area contributed by atoms with Gasteiger partial charge in [0.25, 0.3) is 0 Å². The van der Waals surface area contributed by atoms with E-state index in [-0.39, 0.29) is 29.0 Å². The zero-order chi connectivity index (χ0) is 27.7. The van der Waals surface area contributed by atoms with E-state index in [9.17, 15) is 18.3 Å². The molecule has 0 radical (unpaired) electrons. The van der Waals surface area contributed by atoms with Gasteiger partial charge in [0.15, 0.2) is 5.65 Å². The Hall–Kier alpha value is -4.23. The first-order chi connectivity index (χ1) is 18.7. The monoisotopic (exact) mass is 551 g/mol. The van der Waals surface area contributed by atoms with Crippen LogP contribution in [-0.4, -0.2) is 64.5 Å². The van der Waals surface area contributed by atoms with Gasteiger partial charge in [-0.1, -0.05) is 30.3 Å². The third-order valence-electron chi connectivity index (χ3n) is 6.83. The van der Waals surface area contributed by atoms with Crippen molar-refractivity contribution in [3.8, 4) is 17.0 Å². The van der Waals surface area contributed by atoms with Gasteiger partial charge in [0, 0.05) is 25.2 Å². The van der Waals surface area contributed by atoms with Gasteiger partial charge in [0.2, 0.25) is 10.0 Å². The maximum Gasteiger partial charge on any atom is 0.407 e. The summed E-state index contributed by atoms with van der Waals surface area (Å²) < 4.78 is 35.5. The molecule has 4 N–H and O–H groups in total. The molecule has 1 aliphatic heterocycles. The Morgan fingerprint density at radius 3 is 2.69 bits per heavy atom. The lowest BCUT2D eigenvalue weighted by Crippen LogP contribution is -2.40. The molecule has 5 rings (SSSR count). The van der Waals surface area contributed by atoms with Crippen molar-refractivity contribution < 1.29 is 23.1 Å². The fourth-order valence-corrected chi connectivity index (χ4v) is 6.08. The number of hydrogen-bond donors (Lipinski definition) is 3. The number of carboxylic acid groups (broad SMARTS) is 1. The number of nitrogens with zero attached hydrogens (tertiary/aromatic N) is 5. The molecule has 2 aromatic heterocycles. The summed E-state index contributed by atoms with van der Waals surface area (Å²) in [4.78, 5) is 21.6. The van der Waals surface area contributed by atoms with Crippen LogP contribution in [0.4, 0.5) is 10.6 Å². The molecule has 1 saturated heterocycles. The molecule has 1 aliphatic rings. The van der Waals surface area contributed by atoms with Crippen LogP contribution in [-0.2, 0) is 16.6 Å². The van der Waals surface area contributed by atoms with E-state index in [4.69, 9.17) is 15.6 Å². The molecule has 1 amide bonds. The van der Waals surface area contributed by atoms with Crippen LogP contribution in [0.15, 0.2) is 53.7 Å². The number of nitrogens with one attached hydrogen (secondary N) is 1. The maximum absolute atomic E-state index is 13.0. The summed E-state index contributed by atoms with van der Waals surface area (Å²) in [7, 11) is -2.38. The number of piperidine rings is 1.